The number of nitrogens with zero attached hydrogens (tertiary/aromatic N) is 3. The number of hydrogen-bond acceptors (Lipinski definition) is 2. The monoisotopic (exact) mass is 360 g/mol. The van der Waals surface area contributed by atoms with Gasteiger partial charge in [0.1, 0.15) is 0 Å². The molecule has 1 heterocycles. The molecular formula is C6H8N3U-. The summed E-state index contributed by atoms with van der Waals surface area (Å²) < 4.78 is 1.85. The predicted octanol–water partition coefficient (Wildman–Crippen LogP) is 0.346. The van der Waals surface area contributed by atoms with E-state index in [0.717, 1.165) is 5.82 Å². The van der Waals surface area contributed by atoms with Gasteiger partial charge in [0.15, 0.2) is 0 Å². The molecule has 0 bridgehead atoms. The van der Waals surface area contributed by atoms with Crippen LogP contribution in [-0.4, -0.2) is 22.8 Å². The first kappa shape index (κ1) is 9.93. The standard InChI is InChI=1S/C6H8N3.U/c1-7-5-6-8-3-4-9(6)2;/h3-4H,1-2H3;/q-1;. The zero-order valence-electron chi connectivity index (χ0n) is 6.00. The van der Waals surface area contributed by atoms with Gasteiger partial charge in [-0.05, 0) is 12.9 Å². The molecule has 52 valence electrons. The third-order valence-corrected chi connectivity index (χ3v) is 1.03. The maximum Gasteiger partial charge on any atom is 0.0419 e. The van der Waals surface area contributed by atoms with Crippen LogP contribution < -0.4 is 0 Å². The van der Waals surface area contributed by atoms with Crippen molar-refractivity contribution in [2.45, 2.75) is 0 Å². The van der Waals surface area contributed by atoms with Crippen LogP contribution >= 0.6 is 0 Å². The molecule has 0 amide bonds. The zero-order valence-corrected chi connectivity index (χ0v) is 10.2. The van der Waals surface area contributed by atoms with Crippen LogP contribution in [0.25, 0.3) is 0 Å². The molecule has 0 saturated heterocycles. The molecule has 10 heavy (non-hydrogen) atoms. The van der Waals surface area contributed by atoms with Gasteiger partial charge in [0.25, 0.3) is 0 Å². The summed E-state index contributed by atoms with van der Waals surface area (Å²) in [6, 6.07) is 0. The summed E-state index contributed by atoms with van der Waals surface area (Å²) >= 11 is 0. The van der Waals surface area contributed by atoms with Crippen LogP contribution in [0, 0.1) is 31.1 Å². The van der Waals surface area contributed by atoms with Crippen molar-refractivity contribution >= 4 is 6.21 Å². The average molecular weight is 360 g/mol. The van der Waals surface area contributed by atoms with Crippen molar-refractivity contribution in [1.29, 1.82) is 0 Å². The third kappa shape index (κ3) is 2.28. The fourth-order valence-corrected chi connectivity index (χ4v) is 0.573. The molecule has 0 radical (unpaired) electrons. The summed E-state index contributed by atoms with van der Waals surface area (Å²) in [4.78, 5) is 7.67. The molecule has 1 aromatic heterocycles. The molecule has 0 aliphatic heterocycles. The Morgan fingerprint density at radius 3 is 2.80 bits per heavy atom. The fourth-order valence-electron chi connectivity index (χ4n) is 0.573. The molecule has 1 aromatic rings. The van der Waals surface area contributed by atoms with E-state index in [1.807, 2.05) is 17.8 Å². The number of rotatable bonds is 1. The van der Waals surface area contributed by atoms with Gasteiger partial charge in [-0.3, -0.25) is 4.98 Å². The molecule has 0 N–H and O–H groups in total. The van der Waals surface area contributed by atoms with Crippen molar-refractivity contribution in [1.82, 2.24) is 9.55 Å². The van der Waals surface area contributed by atoms with Crippen molar-refractivity contribution in [3.05, 3.63) is 18.2 Å². The SMILES string of the molecule is CN=[C-]c1nccn1C.[U]. The summed E-state index contributed by atoms with van der Waals surface area (Å²) in [7, 11) is 3.58. The Balaban J connectivity index is 0.000000810. The van der Waals surface area contributed by atoms with Crippen molar-refractivity contribution < 1.29 is 31.1 Å². The van der Waals surface area contributed by atoms with Crippen LogP contribution in [-0.2, 0) is 7.05 Å². The van der Waals surface area contributed by atoms with Crippen LogP contribution in [0.1, 0.15) is 5.82 Å². The molecule has 0 aliphatic carbocycles. The first-order valence-electron chi connectivity index (χ1n) is 2.66. The fraction of sp³-hybridized carbons (Fsp3) is 0.333. The Morgan fingerprint density at radius 2 is 2.40 bits per heavy atom. The van der Waals surface area contributed by atoms with Crippen LogP contribution in [0.5, 0.6) is 0 Å². The molecule has 0 fully saturated rings. The Hall–Kier alpha value is -0.0681. The van der Waals surface area contributed by atoms with E-state index in [2.05, 4.69) is 16.2 Å². The summed E-state index contributed by atoms with van der Waals surface area (Å²) in [6.45, 7) is 0. The van der Waals surface area contributed by atoms with Gasteiger partial charge < -0.3 is 15.8 Å². The second-order valence-corrected chi connectivity index (χ2v) is 1.70. The van der Waals surface area contributed by atoms with Crippen LogP contribution in [0.3, 0.4) is 0 Å². The van der Waals surface area contributed by atoms with Gasteiger partial charge in [-0.1, -0.05) is 0 Å². The van der Waals surface area contributed by atoms with Crippen LogP contribution in [0.4, 0.5) is 0 Å². The Labute approximate surface area is 83.9 Å². The van der Waals surface area contributed by atoms with E-state index in [1.54, 1.807) is 13.2 Å². The number of aromatic nitrogens is 2. The molecule has 0 aliphatic rings. The Kier molecular flexibility index (Phi) is 4.67. The van der Waals surface area contributed by atoms with E-state index in [0.29, 0.717) is 0 Å². The van der Waals surface area contributed by atoms with E-state index >= 15 is 0 Å². The minimum atomic E-state index is 0. The first-order valence-corrected chi connectivity index (χ1v) is 2.66. The van der Waals surface area contributed by atoms with Crippen molar-refractivity contribution in [2.24, 2.45) is 12.0 Å². The molecule has 0 aromatic carbocycles. The number of aryl methyl sites for hydroxylation is 1. The quantitative estimate of drug-likeness (QED) is 0.525. The van der Waals surface area contributed by atoms with Gasteiger partial charge in [0.2, 0.25) is 0 Å². The molecule has 0 unspecified atom stereocenters. The van der Waals surface area contributed by atoms with Crippen molar-refractivity contribution in [3.63, 3.8) is 0 Å². The van der Waals surface area contributed by atoms with Gasteiger partial charge >= 0.3 is 0 Å². The van der Waals surface area contributed by atoms with Crippen molar-refractivity contribution in [2.75, 3.05) is 7.05 Å². The zero-order chi connectivity index (χ0) is 6.69. The van der Waals surface area contributed by atoms with Gasteiger partial charge in [-0.15, -0.1) is 0 Å². The summed E-state index contributed by atoms with van der Waals surface area (Å²) in [6.07, 6.45) is 6.30. The normalized spacial score (nSPS) is 9.80. The summed E-state index contributed by atoms with van der Waals surface area (Å²) in [5.74, 6) is 0.762. The molecule has 3 nitrogen and oxygen atoms in total. The smallest absolute Gasteiger partial charge is 0.0419 e. The van der Waals surface area contributed by atoms with Gasteiger partial charge in [0.05, 0.1) is 0 Å². The maximum atomic E-state index is 3.96. The van der Waals surface area contributed by atoms with E-state index in [-0.39, 0.29) is 31.1 Å². The van der Waals surface area contributed by atoms with E-state index in [4.69, 9.17) is 0 Å². The summed E-state index contributed by atoms with van der Waals surface area (Å²) in [5, 5.41) is 0. The Morgan fingerprint density at radius 1 is 1.70 bits per heavy atom. The first-order chi connectivity index (χ1) is 4.34. The van der Waals surface area contributed by atoms with E-state index in [9.17, 15) is 0 Å². The van der Waals surface area contributed by atoms with Crippen LogP contribution in [0.2, 0.25) is 0 Å². The predicted molar refractivity (Wildman–Crippen MR) is 35.7 cm³/mol. The van der Waals surface area contributed by atoms with E-state index in [1.165, 1.54) is 0 Å². The van der Waals surface area contributed by atoms with Crippen LogP contribution in [0.15, 0.2) is 17.4 Å². The van der Waals surface area contributed by atoms with Gasteiger partial charge in [-0.25, -0.2) is 0 Å². The van der Waals surface area contributed by atoms with E-state index < -0.39 is 0 Å². The second kappa shape index (κ2) is 4.70. The molecule has 4 heteroatoms. The van der Waals surface area contributed by atoms with Gasteiger partial charge in [0, 0.05) is 50.6 Å². The minimum Gasteiger partial charge on any atom is -0.498 e. The number of imidazole rings is 1. The molecule has 0 spiro atoms. The number of hydrogen-bond donors (Lipinski definition) is 0. The summed E-state index contributed by atoms with van der Waals surface area (Å²) in [5.41, 5.74) is 0. The van der Waals surface area contributed by atoms with Crippen molar-refractivity contribution in [3.8, 4) is 0 Å². The third-order valence-electron chi connectivity index (χ3n) is 1.03. The van der Waals surface area contributed by atoms with Gasteiger partial charge in [-0.2, -0.15) is 0 Å². The number of aliphatic imine (C=N–C) groups is 1. The maximum absolute atomic E-state index is 3.96. The average Bonchev–Trinajstić information content (AvgIpc) is 2.18. The second-order valence-electron chi connectivity index (χ2n) is 1.70. The molecule has 0 atom stereocenters. The minimum absolute atomic E-state index is 0. The largest absolute Gasteiger partial charge is 0.498 e. The Bertz CT molecular complexity index is 217. The topological polar surface area (TPSA) is 30.2 Å². The molecule has 1 rings (SSSR count). The molecular weight excluding hydrogens is 352 g/mol. The molecule has 0 saturated carbocycles.